The lowest BCUT2D eigenvalue weighted by molar-refractivity contribution is -0.111. The second-order valence-corrected chi connectivity index (χ2v) is 4.70. The average molecular weight is 228 g/mol. The van der Waals surface area contributed by atoms with Gasteiger partial charge in [0.2, 0.25) is 0 Å². The number of carbonyl (C=O) groups excluding carboxylic acids is 1. The molecule has 0 bridgehead atoms. The fraction of sp³-hybridized carbons (Fsp3) is 0.267. The molecule has 0 heterocycles. The van der Waals surface area contributed by atoms with Gasteiger partial charge < -0.3 is 9.53 Å². The maximum absolute atomic E-state index is 11.2. The van der Waals surface area contributed by atoms with Crippen LogP contribution in [0.4, 0.5) is 0 Å². The maximum atomic E-state index is 11.2. The van der Waals surface area contributed by atoms with Gasteiger partial charge in [0, 0.05) is 10.8 Å². The van der Waals surface area contributed by atoms with Gasteiger partial charge in [-0.25, -0.2) is 0 Å². The highest BCUT2D eigenvalue weighted by Crippen LogP contribution is 2.33. The molecule has 0 aliphatic carbocycles. The fourth-order valence-electron chi connectivity index (χ4n) is 2.08. The van der Waals surface area contributed by atoms with Gasteiger partial charge in [-0.3, -0.25) is 0 Å². The van der Waals surface area contributed by atoms with E-state index in [1.54, 1.807) is 7.11 Å². The molecule has 0 atom stereocenters. The van der Waals surface area contributed by atoms with Gasteiger partial charge in [-0.15, -0.1) is 0 Å². The van der Waals surface area contributed by atoms with Gasteiger partial charge in [0.15, 0.2) is 0 Å². The van der Waals surface area contributed by atoms with Crippen LogP contribution < -0.4 is 4.74 Å². The van der Waals surface area contributed by atoms with E-state index in [9.17, 15) is 4.79 Å². The van der Waals surface area contributed by atoms with Crippen molar-refractivity contribution < 1.29 is 9.53 Å². The van der Waals surface area contributed by atoms with E-state index in [4.69, 9.17) is 4.74 Å². The van der Waals surface area contributed by atoms with Crippen molar-refractivity contribution in [2.75, 3.05) is 7.11 Å². The number of benzene rings is 2. The van der Waals surface area contributed by atoms with Crippen molar-refractivity contribution in [2.45, 2.75) is 19.3 Å². The molecule has 2 heteroatoms. The summed E-state index contributed by atoms with van der Waals surface area (Å²) in [4.78, 5) is 11.2. The van der Waals surface area contributed by atoms with Gasteiger partial charge in [0.1, 0.15) is 12.0 Å². The molecule has 2 aromatic rings. The molecule has 2 nitrogen and oxygen atoms in total. The highest BCUT2D eigenvalue weighted by Gasteiger charge is 2.22. The topological polar surface area (TPSA) is 26.3 Å². The van der Waals surface area contributed by atoms with Crippen LogP contribution in [0.25, 0.3) is 10.8 Å². The van der Waals surface area contributed by atoms with Crippen LogP contribution in [0, 0.1) is 0 Å². The summed E-state index contributed by atoms with van der Waals surface area (Å²) in [6.07, 6.45) is 0.987. The van der Waals surface area contributed by atoms with Crippen molar-refractivity contribution in [1.82, 2.24) is 0 Å². The molecule has 0 aliphatic rings. The van der Waals surface area contributed by atoms with E-state index in [0.717, 1.165) is 28.4 Å². The second kappa shape index (κ2) is 4.21. The lowest BCUT2D eigenvalue weighted by atomic mass is 9.83. The number of fused-ring (bicyclic) bond motifs is 1. The molecule has 0 spiro atoms. The number of ether oxygens (including phenoxy) is 1. The van der Waals surface area contributed by atoms with Crippen LogP contribution in [-0.2, 0) is 10.2 Å². The first-order valence-electron chi connectivity index (χ1n) is 5.62. The van der Waals surface area contributed by atoms with E-state index in [2.05, 4.69) is 0 Å². The molecular weight excluding hydrogens is 212 g/mol. The molecule has 2 rings (SSSR count). The number of aldehydes is 1. The summed E-state index contributed by atoms with van der Waals surface area (Å²) in [5.74, 6) is 0.839. The summed E-state index contributed by atoms with van der Waals surface area (Å²) in [5, 5.41) is 2.12. The maximum Gasteiger partial charge on any atom is 0.129 e. The minimum atomic E-state index is -0.480. The largest absolute Gasteiger partial charge is 0.496 e. The van der Waals surface area contributed by atoms with E-state index in [1.807, 2.05) is 50.2 Å². The first-order valence-corrected chi connectivity index (χ1v) is 5.62. The Labute approximate surface area is 101 Å². The molecule has 0 unspecified atom stereocenters. The van der Waals surface area contributed by atoms with Crippen LogP contribution in [0.1, 0.15) is 19.4 Å². The highest BCUT2D eigenvalue weighted by molar-refractivity contribution is 5.93. The molecule has 0 saturated heterocycles. The van der Waals surface area contributed by atoms with Gasteiger partial charge in [0.05, 0.1) is 7.11 Å². The molecule has 0 N–H and O–H groups in total. The zero-order valence-electron chi connectivity index (χ0n) is 10.4. The molecule has 0 aliphatic heterocycles. The van der Waals surface area contributed by atoms with Crippen molar-refractivity contribution in [3.8, 4) is 5.75 Å². The van der Waals surface area contributed by atoms with Crippen LogP contribution in [0.3, 0.4) is 0 Å². The first kappa shape index (κ1) is 11.6. The Kier molecular flexibility index (Phi) is 2.88. The third kappa shape index (κ3) is 1.91. The van der Waals surface area contributed by atoms with E-state index in [1.165, 1.54) is 0 Å². The molecule has 0 radical (unpaired) electrons. The molecule has 88 valence electrons. The summed E-state index contributed by atoms with van der Waals surface area (Å²) in [6, 6.07) is 11.9. The highest BCUT2D eigenvalue weighted by atomic mass is 16.5. The van der Waals surface area contributed by atoms with Crippen LogP contribution >= 0.6 is 0 Å². The van der Waals surface area contributed by atoms with E-state index >= 15 is 0 Å². The lowest BCUT2D eigenvalue weighted by Gasteiger charge is -2.20. The SMILES string of the molecule is COc1cccc2c(C(C)(C)C=O)cccc12. The first-order chi connectivity index (χ1) is 8.10. The quantitative estimate of drug-likeness (QED) is 0.753. The monoisotopic (exact) mass is 228 g/mol. The molecule has 0 aromatic heterocycles. The van der Waals surface area contributed by atoms with Crippen LogP contribution in [0.5, 0.6) is 5.75 Å². The molecule has 0 amide bonds. The summed E-state index contributed by atoms with van der Waals surface area (Å²) in [6.45, 7) is 3.85. The summed E-state index contributed by atoms with van der Waals surface area (Å²) in [7, 11) is 1.66. The van der Waals surface area contributed by atoms with Crippen LogP contribution in [0.15, 0.2) is 36.4 Å². The zero-order chi connectivity index (χ0) is 12.5. The summed E-state index contributed by atoms with van der Waals surface area (Å²) < 4.78 is 5.34. The normalized spacial score (nSPS) is 11.5. The smallest absolute Gasteiger partial charge is 0.129 e. The van der Waals surface area contributed by atoms with E-state index in [0.29, 0.717) is 0 Å². The number of rotatable bonds is 3. The summed E-state index contributed by atoms with van der Waals surface area (Å²) >= 11 is 0. The van der Waals surface area contributed by atoms with E-state index < -0.39 is 5.41 Å². The molecule has 0 saturated carbocycles. The van der Waals surface area contributed by atoms with Crippen LogP contribution in [-0.4, -0.2) is 13.4 Å². The Hall–Kier alpha value is -1.83. The van der Waals surface area contributed by atoms with Crippen molar-refractivity contribution >= 4 is 17.1 Å². The average Bonchev–Trinajstić information content (AvgIpc) is 2.37. The Balaban J connectivity index is 2.79. The fourth-order valence-corrected chi connectivity index (χ4v) is 2.08. The Bertz CT molecular complexity index is 556. The second-order valence-electron chi connectivity index (χ2n) is 4.70. The van der Waals surface area contributed by atoms with Gasteiger partial charge in [-0.1, -0.05) is 30.3 Å². The van der Waals surface area contributed by atoms with Crippen molar-refractivity contribution in [3.05, 3.63) is 42.0 Å². The van der Waals surface area contributed by atoms with Gasteiger partial charge in [0.25, 0.3) is 0 Å². The standard InChI is InChI=1S/C15H16O2/c1-15(2,10-16)13-8-4-7-12-11(13)6-5-9-14(12)17-3/h4-10H,1-3H3. The minimum Gasteiger partial charge on any atom is -0.496 e. The molecular formula is C15H16O2. The van der Waals surface area contributed by atoms with Crippen LogP contribution in [0.2, 0.25) is 0 Å². The predicted molar refractivity (Wildman–Crippen MR) is 69.6 cm³/mol. The Morgan fingerprint density at radius 1 is 1.06 bits per heavy atom. The third-order valence-electron chi connectivity index (χ3n) is 3.09. The van der Waals surface area contributed by atoms with E-state index in [-0.39, 0.29) is 0 Å². The Morgan fingerprint density at radius 2 is 1.71 bits per heavy atom. The zero-order valence-corrected chi connectivity index (χ0v) is 10.4. The third-order valence-corrected chi connectivity index (χ3v) is 3.09. The van der Waals surface area contributed by atoms with Gasteiger partial charge >= 0.3 is 0 Å². The number of carbonyl (C=O) groups is 1. The number of methoxy groups -OCH3 is 1. The lowest BCUT2D eigenvalue weighted by Crippen LogP contribution is -2.18. The number of hydrogen-bond acceptors (Lipinski definition) is 2. The molecule has 17 heavy (non-hydrogen) atoms. The van der Waals surface area contributed by atoms with Crippen molar-refractivity contribution in [1.29, 1.82) is 0 Å². The predicted octanol–water partition coefficient (Wildman–Crippen LogP) is 3.32. The molecule has 2 aromatic carbocycles. The molecule has 0 fully saturated rings. The van der Waals surface area contributed by atoms with Crippen molar-refractivity contribution in [2.24, 2.45) is 0 Å². The van der Waals surface area contributed by atoms with Gasteiger partial charge in [-0.2, -0.15) is 0 Å². The number of hydrogen-bond donors (Lipinski definition) is 0. The minimum absolute atomic E-state index is 0.480. The Morgan fingerprint density at radius 3 is 2.35 bits per heavy atom. The van der Waals surface area contributed by atoms with Gasteiger partial charge in [-0.05, 0) is 30.9 Å². The van der Waals surface area contributed by atoms with Crippen molar-refractivity contribution in [3.63, 3.8) is 0 Å². The summed E-state index contributed by atoms with van der Waals surface area (Å²) in [5.41, 5.74) is 0.551.